The number of ether oxygens (including phenoxy) is 1. The Morgan fingerprint density at radius 2 is 1.70 bits per heavy atom. The molecule has 0 aliphatic carbocycles. The van der Waals surface area contributed by atoms with Crippen LogP contribution in [0.1, 0.15) is 21.5 Å². The number of rotatable bonds is 7. The van der Waals surface area contributed by atoms with Crippen LogP contribution in [0.4, 0.5) is 17.1 Å². The summed E-state index contributed by atoms with van der Waals surface area (Å²) in [5, 5.41) is 6.28. The Kier molecular flexibility index (Phi) is 7.90. The molecule has 2 aliphatic rings. The maximum absolute atomic E-state index is 13.2. The fourth-order valence-corrected chi connectivity index (χ4v) is 4.82. The Bertz CT molecular complexity index is 1450. The molecular weight excluding hydrogens is 508 g/mol. The minimum Gasteiger partial charge on any atom is -0.465 e. The van der Waals surface area contributed by atoms with E-state index in [1.54, 1.807) is 42.5 Å². The van der Waals surface area contributed by atoms with Gasteiger partial charge in [-0.25, -0.2) is 4.79 Å². The van der Waals surface area contributed by atoms with Crippen molar-refractivity contribution in [3.8, 4) is 0 Å². The summed E-state index contributed by atoms with van der Waals surface area (Å²) in [6, 6.07) is 16.1. The van der Waals surface area contributed by atoms with Gasteiger partial charge in [0.1, 0.15) is 0 Å². The molecule has 10 heteroatoms. The second kappa shape index (κ2) is 11.7. The van der Waals surface area contributed by atoms with Crippen molar-refractivity contribution < 1.29 is 19.1 Å². The number of carbonyl (C=O) groups is 3. The number of benzene rings is 2. The van der Waals surface area contributed by atoms with E-state index in [1.807, 2.05) is 36.4 Å². The molecule has 0 unspecified atom stereocenters. The molecule has 0 spiro atoms. The third-order valence-electron chi connectivity index (χ3n) is 7.26. The number of nitrogens with zero attached hydrogens (tertiary/aromatic N) is 4. The van der Waals surface area contributed by atoms with E-state index in [0.29, 0.717) is 34.6 Å². The SMILES string of the molecule is COC(=O)c1ccc2c(c1)/C(=C(/Nc1ccc(N(C)C(=O)CN3CCN(C)CC3)cc1)c1ccncc1)C(=O)N2. The third kappa shape index (κ3) is 5.73. The highest BCUT2D eigenvalue weighted by atomic mass is 16.5. The first-order valence-electron chi connectivity index (χ1n) is 13.1. The highest BCUT2D eigenvalue weighted by Crippen LogP contribution is 2.38. The second-order valence-corrected chi connectivity index (χ2v) is 9.90. The zero-order valence-electron chi connectivity index (χ0n) is 22.8. The van der Waals surface area contributed by atoms with Gasteiger partial charge in [0.15, 0.2) is 0 Å². The minimum atomic E-state index is -0.484. The summed E-state index contributed by atoms with van der Waals surface area (Å²) in [6.07, 6.45) is 3.31. The number of piperazine rings is 1. The van der Waals surface area contributed by atoms with Gasteiger partial charge >= 0.3 is 5.97 Å². The molecule has 0 bridgehead atoms. The number of aromatic nitrogens is 1. The van der Waals surface area contributed by atoms with E-state index >= 15 is 0 Å². The molecular formula is C30H32N6O4. The van der Waals surface area contributed by atoms with Crippen molar-refractivity contribution in [2.45, 2.75) is 0 Å². The van der Waals surface area contributed by atoms with Crippen LogP contribution in [0.2, 0.25) is 0 Å². The maximum atomic E-state index is 13.2. The summed E-state index contributed by atoms with van der Waals surface area (Å²) < 4.78 is 4.88. The Morgan fingerprint density at radius 1 is 1.00 bits per heavy atom. The van der Waals surface area contributed by atoms with Gasteiger partial charge in [-0.1, -0.05) is 0 Å². The quantitative estimate of drug-likeness (QED) is 0.348. The lowest BCUT2D eigenvalue weighted by molar-refractivity contribution is -0.119. The number of anilines is 3. The zero-order valence-corrected chi connectivity index (χ0v) is 22.8. The van der Waals surface area contributed by atoms with Crippen molar-refractivity contribution in [1.29, 1.82) is 0 Å². The monoisotopic (exact) mass is 540 g/mol. The Morgan fingerprint density at radius 3 is 2.38 bits per heavy atom. The number of nitrogens with one attached hydrogen (secondary N) is 2. The highest BCUT2D eigenvalue weighted by molar-refractivity contribution is 6.37. The van der Waals surface area contributed by atoms with E-state index < -0.39 is 5.97 Å². The van der Waals surface area contributed by atoms with Crippen LogP contribution in [0.15, 0.2) is 67.0 Å². The molecule has 0 saturated carbocycles. The van der Waals surface area contributed by atoms with Crippen LogP contribution >= 0.6 is 0 Å². The average Bonchev–Trinajstić information content (AvgIpc) is 3.31. The van der Waals surface area contributed by atoms with Crippen molar-refractivity contribution >= 4 is 46.1 Å². The van der Waals surface area contributed by atoms with E-state index in [9.17, 15) is 14.4 Å². The molecule has 2 N–H and O–H groups in total. The first kappa shape index (κ1) is 27.0. The van der Waals surface area contributed by atoms with Gasteiger partial charge in [-0.3, -0.25) is 19.5 Å². The number of hydrogen-bond donors (Lipinski definition) is 2. The molecule has 2 amide bonds. The van der Waals surface area contributed by atoms with Gasteiger partial charge in [0.2, 0.25) is 5.91 Å². The van der Waals surface area contributed by atoms with Crippen molar-refractivity contribution in [2.75, 3.05) is 69.5 Å². The van der Waals surface area contributed by atoms with Crippen molar-refractivity contribution in [1.82, 2.24) is 14.8 Å². The van der Waals surface area contributed by atoms with Crippen molar-refractivity contribution in [3.63, 3.8) is 0 Å². The molecule has 2 aliphatic heterocycles. The number of esters is 1. The number of fused-ring (bicyclic) bond motifs is 1. The molecule has 10 nitrogen and oxygen atoms in total. The van der Waals surface area contributed by atoms with Crippen LogP contribution in [0.3, 0.4) is 0 Å². The first-order valence-corrected chi connectivity index (χ1v) is 13.1. The molecule has 5 rings (SSSR count). The number of carbonyl (C=O) groups excluding carboxylic acids is 3. The molecule has 40 heavy (non-hydrogen) atoms. The predicted molar refractivity (Wildman–Crippen MR) is 155 cm³/mol. The largest absolute Gasteiger partial charge is 0.465 e. The fourth-order valence-electron chi connectivity index (χ4n) is 4.82. The fraction of sp³-hybridized carbons (Fsp3) is 0.267. The standard InChI is InChI=1S/C30H32N6O4/c1-34-14-16-36(17-15-34)19-26(37)35(2)23-7-5-22(6-8-23)32-28(20-10-12-31-13-11-20)27-24-18-21(30(39)40-3)4-9-25(24)33-29(27)38/h4-13,18,32H,14-17,19H2,1-3H3,(H,33,38)/b28-27-. The van der Waals surface area contributed by atoms with Crippen molar-refractivity contribution in [2.24, 2.45) is 0 Å². The topological polar surface area (TPSA) is 107 Å². The Balaban J connectivity index is 1.42. The van der Waals surface area contributed by atoms with E-state index in [0.717, 1.165) is 43.1 Å². The maximum Gasteiger partial charge on any atom is 0.337 e. The molecule has 1 fully saturated rings. The van der Waals surface area contributed by atoms with E-state index in [4.69, 9.17) is 4.74 Å². The first-order chi connectivity index (χ1) is 19.3. The number of pyridine rings is 1. The summed E-state index contributed by atoms with van der Waals surface area (Å²) in [4.78, 5) is 48.5. The van der Waals surface area contributed by atoms with Gasteiger partial charge in [0, 0.05) is 73.8 Å². The van der Waals surface area contributed by atoms with Crippen molar-refractivity contribution in [3.05, 3.63) is 83.7 Å². The van der Waals surface area contributed by atoms with Gasteiger partial charge in [-0.2, -0.15) is 0 Å². The molecule has 1 saturated heterocycles. The van der Waals surface area contributed by atoms with Crippen LogP contribution in [-0.2, 0) is 14.3 Å². The van der Waals surface area contributed by atoms with Crippen LogP contribution in [0.25, 0.3) is 11.3 Å². The highest BCUT2D eigenvalue weighted by Gasteiger charge is 2.29. The minimum absolute atomic E-state index is 0.0329. The summed E-state index contributed by atoms with van der Waals surface area (Å²) in [7, 11) is 5.19. The summed E-state index contributed by atoms with van der Waals surface area (Å²) in [5.74, 6) is -0.741. The molecule has 2 aromatic carbocycles. The van der Waals surface area contributed by atoms with Gasteiger partial charge < -0.3 is 25.2 Å². The number of hydrogen-bond acceptors (Lipinski definition) is 8. The van der Waals surface area contributed by atoms with Gasteiger partial charge in [0.25, 0.3) is 5.91 Å². The van der Waals surface area contributed by atoms with Gasteiger partial charge in [-0.15, -0.1) is 0 Å². The normalized spacial score (nSPS) is 16.6. The lowest BCUT2D eigenvalue weighted by Gasteiger charge is -2.32. The van der Waals surface area contributed by atoms with Crippen LogP contribution in [0.5, 0.6) is 0 Å². The molecule has 206 valence electrons. The number of methoxy groups -OCH3 is 1. The molecule has 0 atom stereocenters. The summed E-state index contributed by atoms with van der Waals surface area (Å²) in [5.41, 5.74) is 4.76. The molecule has 1 aromatic heterocycles. The van der Waals surface area contributed by atoms with Crippen LogP contribution < -0.4 is 15.5 Å². The third-order valence-corrected chi connectivity index (χ3v) is 7.26. The molecule has 3 heterocycles. The van der Waals surface area contributed by atoms with E-state index in [2.05, 4.69) is 32.5 Å². The van der Waals surface area contributed by atoms with E-state index in [1.165, 1.54) is 7.11 Å². The summed E-state index contributed by atoms with van der Waals surface area (Å²) >= 11 is 0. The Labute approximate surface area is 233 Å². The molecule has 0 radical (unpaired) electrons. The smallest absolute Gasteiger partial charge is 0.337 e. The Hall–Kier alpha value is -4.54. The van der Waals surface area contributed by atoms with Crippen LogP contribution in [-0.4, -0.2) is 86.5 Å². The van der Waals surface area contributed by atoms with Crippen LogP contribution in [0, 0.1) is 0 Å². The predicted octanol–water partition coefficient (Wildman–Crippen LogP) is 3.01. The summed E-state index contributed by atoms with van der Waals surface area (Å²) in [6.45, 7) is 4.05. The van der Waals surface area contributed by atoms with Gasteiger partial charge in [-0.05, 0) is 61.6 Å². The number of likely N-dealkylation sites (N-methyl/N-ethyl adjacent to an activating group) is 2. The lowest BCUT2D eigenvalue weighted by atomic mass is 9.99. The second-order valence-electron chi connectivity index (χ2n) is 9.90. The lowest BCUT2D eigenvalue weighted by Crippen LogP contribution is -2.48. The number of amides is 2. The average molecular weight is 541 g/mol. The molecule has 3 aromatic rings. The van der Waals surface area contributed by atoms with Gasteiger partial charge in [0.05, 0.1) is 30.5 Å². The zero-order chi connectivity index (χ0) is 28.2. The van der Waals surface area contributed by atoms with E-state index in [-0.39, 0.29) is 11.8 Å².